The smallest absolute Gasteiger partial charge is 0.0122 e. The quantitative estimate of drug-likeness (QED) is 0.577. The van der Waals surface area contributed by atoms with Crippen LogP contribution in [0.25, 0.3) is 0 Å². The second-order valence-corrected chi connectivity index (χ2v) is 5.24. The summed E-state index contributed by atoms with van der Waals surface area (Å²) in [6.07, 6.45) is 1.42. The SMILES string of the molecule is Cc1cccc2c1[C@H]1C[C@@H]2C(C)C1C. The number of rotatable bonds is 0. The fraction of sp³-hybridized carbons (Fsp3) is 0.571. The molecule has 4 atom stereocenters. The van der Waals surface area contributed by atoms with Gasteiger partial charge in [-0.15, -0.1) is 0 Å². The van der Waals surface area contributed by atoms with E-state index in [1.54, 1.807) is 11.1 Å². The summed E-state index contributed by atoms with van der Waals surface area (Å²) in [5.74, 6) is 3.53. The Kier molecular flexibility index (Phi) is 1.60. The Hall–Kier alpha value is -0.780. The molecule has 74 valence electrons. The maximum absolute atomic E-state index is 2.44. The average Bonchev–Trinajstić information content (AvgIpc) is 2.67. The van der Waals surface area contributed by atoms with E-state index >= 15 is 0 Å². The van der Waals surface area contributed by atoms with E-state index in [4.69, 9.17) is 0 Å². The summed E-state index contributed by atoms with van der Waals surface area (Å²) in [5.41, 5.74) is 4.89. The van der Waals surface area contributed by atoms with Crippen molar-refractivity contribution in [1.29, 1.82) is 0 Å². The number of aryl methyl sites for hydroxylation is 1. The van der Waals surface area contributed by atoms with Gasteiger partial charge in [0, 0.05) is 0 Å². The van der Waals surface area contributed by atoms with E-state index in [9.17, 15) is 0 Å². The van der Waals surface area contributed by atoms with Crippen LogP contribution >= 0.6 is 0 Å². The van der Waals surface area contributed by atoms with Gasteiger partial charge in [0.05, 0.1) is 0 Å². The highest BCUT2D eigenvalue weighted by molar-refractivity contribution is 5.47. The van der Waals surface area contributed by atoms with Crippen LogP contribution in [0.5, 0.6) is 0 Å². The Bertz CT molecular complexity index is 378. The Morgan fingerprint density at radius 3 is 2.57 bits per heavy atom. The molecular formula is C14H18. The van der Waals surface area contributed by atoms with Gasteiger partial charge in [0.15, 0.2) is 0 Å². The molecule has 1 aromatic carbocycles. The van der Waals surface area contributed by atoms with Gasteiger partial charge in [0.1, 0.15) is 0 Å². The van der Waals surface area contributed by atoms with Gasteiger partial charge in [-0.25, -0.2) is 0 Å². The highest BCUT2D eigenvalue weighted by Gasteiger charge is 2.46. The highest BCUT2D eigenvalue weighted by atomic mass is 14.5. The molecule has 0 aromatic heterocycles. The first kappa shape index (κ1) is 8.52. The summed E-state index contributed by atoms with van der Waals surface area (Å²) in [7, 11) is 0. The highest BCUT2D eigenvalue weighted by Crippen LogP contribution is 2.59. The van der Waals surface area contributed by atoms with Gasteiger partial charge in [-0.2, -0.15) is 0 Å². The van der Waals surface area contributed by atoms with E-state index in [1.807, 2.05) is 0 Å². The molecule has 2 unspecified atom stereocenters. The zero-order valence-corrected chi connectivity index (χ0v) is 9.25. The predicted molar refractivity (Wildman–Crippen MR) is 59.6 cm³/mol. The third kappa shape index (κ3) is 0.846. The summed E-state index contributed by atoms with van der Waals surface area (Å²) in [6.45, 7) is 7.14. The van der Waals surface area contributed by atoms with Crippen LogP contribution in [0.1, 0.15) is 48.8 Å². The van der Waals surface area contributed by atoms with Crippen molar-refractivity contribution in [3.63, 3.8) is 0 Å². The van der Waals surface area contributed by atoms with Crippen molar-refractivity contribution in [3.8, 4) is 0 Å². The van der Waals surface area contributed by atoms with Crippen molar-refractivity contribution in [2.75, 3.05) is 0 Å². The molecule has 0 amide bonds. The van der Waals surface area contributed by atoms with E-state index < -0.39 is 0 Å². The second kappa shape index (κ2) is 2.62. The van der Waals surface area contributed by atoms with Crippen LogP contribution in [-0.4, -0.2) is 0 Å². The average molecular weight is 186 g/mol. The maximum atomic E-state index is 2.44. The third-order valence-corrected chi connectivity index (χ3v) is 4.73. The third-order valence-electron chi connectivity index (χ3n) is 4.73. The zero-order valence-electron chi connectivity index (χ0n) is 9.25. The zero-order chi connectivity index (χ0) is 9.87. The van der Waals surface area contributed by atoms with Crippen molar-refractivity contribution in [1.82, 2.24) is 0 Å². The summed E-state index contributed by atoms with van der Waals surface area (Å²) < 4.78 is 0. The van der Waals surface area contributed by atoms with Crippen LogP contribution < -0.4 is 0 Å². The van der Waals surface area contributed by atoms with Crippen molar-refractivity contribution in [3.05, 3.63) is 34.9 Å². The molecule has 2 aliphatic rings. The van der Waals surface area contributed by atoms with Crippen LogP contribution in [-0.2, 0) is 0 Å². The molecule has 1 aromatic rings. The van der Waals surface area contributed by atoms with Crippen LogP contribution in [0, 0.1) is 18.8 Å². The Labute approximate surface area is 86.3 Å². The number of fused-ring (bicyclic) bond motifs is 5. The summed E-state index contributed by atoms with van der Waals surface area (Å²) in [5, 5.41) is 0. The van der Waals surface area contributed by atoms with Crippen molar-refractivity contribution >= 4 is 0 Å². The van der Waals surface area contributed by atoms with Gasteiger partial charge in [-0.05, 0) is 53.7 Å². The Morgan fingerprint density at radius 1 is 1.07 bits per heavy atom. The molecule has 3 rings (SSSR count). The van der Waals surface area contributed by atoms with Gasteiger partial charge in [-0.1, -0.05) is 32.0 Å². The van der Waals surface area contributed by atoms with E-state index in [0.717, 1.165) is 23.7 Å². The molecule has 2 bridgehead atoms. The Balaban J connectivity index is 2.20. The van der Waals surface area contributed by atoms with E-state index in [2.05, 4.69) is 39.0 Å². The van der Waals surface area contributed by atoms with Crippen LogP contribution in [0.15, 0.2) is 18.2 Å². The van der Waals surface area contributed by atoms with Crippen molar-refractivity contribution in [2.24, 2.45) is 11.8 Å². The van der Waals surface area contributed by atoms with E-state index in [-0.39, 0.29) is 0 Å². The van der Waals surface area contributed by atoms with E-state index in [0.29, 0.717) is 0 Å². The molecule has 0 radical (unpaired) electrons. The van der Waals surface area contributed by atoms with Crippen LogP contribution in [0.2, 0.25) is 0 Å². The molecule has 0 aliphatic heterocycles. The molecule has 0 spiro atoms. The van der Waals surface area contributed by atoms with Crippen molar-refractivity contribution < 1.29 is 0 Å². The second-order valence-electron chi connectivity index (χ2n) is 5.24. The lowest BCUT2D eigenvalue weighted by molar-refractivity contribution is 0.380. The summed E-state index contributed by atoms with van der Waals surface area (Å²) in [4.78, 5) is 0. The minimum Gasteiger partial charge on any atom is -0.0617 e. The van der Waals surface area contributed by atoms with Gasteiger partial charge in [0.2, 0.25) is 0 Å². The number of benzene rings is 1. The van der Waals surface area contributed by atoms with Gasteiger partial charge in [-0.3, -0.25) is 0 Å². The number of hydrogen-bond donors (Lipinski definition) is 0. The molecule has 0 N–H and O–H groups in total. The minimum absolute atomic E-state index is 0.866. The fourth-order valence-corrected chi connectivity index (χ4v) is 3.76. The summed E-state index contributed by atoms with van der Waals surface area (Å²) in [6, 6.07) is 6.86. The normalized spacial score (nSPS) is 38.8. The molecule has 14 heavy (non-hydrogen) atoms. The first-order valence-corrected chi connectivity index (χ1v) is 5.79. The fourth-order valence-electron chi connectivity index (χ4n) is 3.76. The molecule has 0 saturated heterocycles. The lowest BCUT2D eigenvalue weighted by Crippen LogP contribution is -2.17. The van der Waals surface area contributed by atoms with Crippen LogP contribution in [0.4, 0.5) is 0 Å². The van der Waals surface area contributed by atoms with Gasteiger partial charge in [0.25, 0.3) is 0 Å². The molecule has 1 fully saturated rings. The van der Waals surface area contributed by atoms with Gasteiger partial charge < -0.3 is 0 Å². The van der Waals surface area contributed by atoms with Crippen molar-refractivity contribution in [2.45, 2.75) is 39.0 Å². The standard InChI is InChI=1S/C14H18/c1-8-5-4-6-11-12-7-13(14(8)11)10(3)9(12)2/h4-6,9-10,12-13H,7H2,1-3H3/t9?,10?,12-,13+/m1/s1. The monoisotopic (exact) mass is 186 g/mol. The molecule has 2 aliphatic carbocycles. The van der Waals surface area contributed by atoms with Gasteiger partial charge >= 0.3 is 0 Å². The predicted octanol–water partition coefficient (Wildman–Crippen LogP) is 3.85. The molecule has 0 heterocycles. The Morgan fingerprint density at radius 2 is 1.79 bits per heavy atom. The molecular weight excluding hydrogens is 168 g/mol. The minimum atomic E-state index is 0.866. The maximum Gasteiger partial charge on any atom is -0.0122 e. The topological polar surface area (TPSA) is 0 Å². The molecule has 0 heteroatoms. The summed E-state index contributed by atoms with van der Waals surface area (Å²) >= 11 is 0. The molecule has 0 nitrogen and oxygen atoms in total. The lowest BCUT2D eigenvalue weighted by atomic mass is 9.76. The van der Waals surface area contributed by atoms with Crippen LogP contribution in [0.3, 0.4) is 0 Å². The van der Waals surface area contributed by atoms with E-state index in [1.165, 1.54) is 12.0 Å². The first-order valence-electron chi connectivity index (χ1n) is 5.79. The molecule has 1 saturated carbocycles. The lowest BCUT2D eigenvalue weighted by Gasteiger charge is -2.28. The first-order chi connectivity index (χ1) is 6.70. The largest absolute Gasteiger partial charge is 0.0617 e. The number of hydrogen-bond acceptors (Lipinski definition) is 0.